The monoisotopic (exact) mass is 294 g/mol. The Hall–Kier alpha value is -0.380. The van der Waals surface area contributed by atoms with Crippen LogP contribution < -0.4 is 0 Å². The van der Waals surface area contributed by atoms with Gasteiger partial charge in [0.15, 0.2) is 0 Å². The first-order chi connectivity index (χ1) is 8.75. The van der Waals surface area contributed by atoms with Gasteiger partial charge in [-0.2, -0.15) is 0 Å². The second kappa shape index (κ2) is 8.72. The third-order valence-corrected chi connectivity index (χ3v) is 4.50. The van der Waals surface area contributed by atoms with Gasteiger partial charge in [0.2, 0.25) is 0 Å². The van der Waals surface area contributed by atoms with E-state index < -0.39 is 13.6 Å². The zero-order chi connectivity index (χ0) is 15.1. The Morgan fingerprint density at radius 1 is 1.00 bits per heavy atom. The number of carbonyl (C=O) groups is 1. The van der Waals surface area contributed by atoms with E-state index in [0.29, 0.717) is 0 Å². The highest BCUT2D eigenvalue weighted by Gasteiger charge is 2.31. The van der Waals surface area contributed by atoms with Crippen molar-refractivity contribution < 1.29 is 23.1 Å². The van der Waals surface area contributed by atoms with Crippen molar-refractivity contribution in [2.45, 2.75) is 47.6 Å². The van der Waals surface area contributed by atoms with Crippen molar-refractivity contribution in [2.75, 3.05) is 19.4 Å². The standard InChI is InChI=1S/C13H27O5P/c1-7-16-19(15,17-8-2)9-12(14)18-13(10(3)4)11(5)6/h10-11,13H,7-9H2,1-6H3. The van der Waals surface area contributed by atoms with Crippen molar-refractivity contribution in [1.29, 1.82) is 0 Å². The predicted octanol–water partition coefficient (Wildman–Crippen LogP) is 3.48. The Balaban J connectivity index is 4.61. The lowest BCUT2D eigenvalue weighted by molar-refractivity contribution is -0.151. The maximum atomic E-state index is 12.2. The molecule has 0 aliphatic rings. The lowest BCUT2D eigenvalue weighted by Crippen LogP contribution is -2.30. The SMILES string of the molecule is CCOP(=O)(CC(=O)OC(C(C)C)C(C)C)OCC. The van der Waals surface area contributed by atoms with Crippen LogP contribution in [0.25, 0.3) is 0 Å². The van der Waals surface area contributed by atoms with Crippen LogP contribution in [0.4, 0.5) is 0 Å². The predicted molar refractivity (Wildman–Crippen MR) is 75.3 cm³/mol. The molecule has 0 aliphatic heterocycles. The van der Waals surface area contributed by atoms with Crippen molar-refractivity contribution in [1.82, 2.24) is 0 Å². The normalized spacial score (nSPS) is 12.5. The molecular weight excluding hydrogens is 267 g/mol. The van der Waals surface area contributed by atoms with Gasteiger partial charge >= 0.3 is 13.6 Å². The molecule has 0 aromatic rings. The summed E-state index contributed by atoms with van der Waals surface area (Å²) in [7, 11) is -3.37. The minimum absolute atomic E-state index is 0.191. The lowest BCUT2D eigenvalue weighted by atomic mass is 9.96. The zero-order valence-electron chi connectivity index (χ0n) is 12.8. The van der Waals surface area contributed by atoms with Crippen LogP contribution in [-0.2, 0) is 23.1 Å². The number of hydrogen-bond acceptors (Lipinski definition) is 5. The summed E-state index contributed by atoms with van der Waals surface area (Å²) >= 11 is 0. The molecule has 19 heavy (non-hydrogen) atoms. The van der Waals surface area contributed by atoms with Crippen LogP contribution in [0.5, 0.6) is 0 Å². The fourth-order valence-corrected chi connectivity index (χ4v) is 3.35. The molecule has 0 radical (unpaired) electrons. The summed E-state index contributed by atoms with van der Waals surface area (Å²) in [6, 6.07) is 0. The molecule has 0 aromatic heterocycles. The summed E-state index contributed by atoms with van der Waals surface area (Å²) in [6.07, 6.45) is -0.519. The minimum atomic E-state index is -3.37. The van der Waals surface area contributed by atoms with Gasteiger partial charge in [-0.25, -0.2) is 0 Å². The van der Waals surface area contributed by atoms with Crippen LogP contribution in [0.15, 0.2) is 0 Å². The first-order valence-corrected chi connectivity index (χ1v) is 8.56. The van der Waals surface area contributed by atoms with Crippen LogP contribution >= 0.6 is 7.60 Å². The Morgan fingerprint density at radius 3 is 1.74 bits per heavy atom. The van der Waals surface area contributed by atoms with Gasteiger partial charge in [-0.15, -0.1) is 0 Å². The minimum Gasteiger partial charge on any atom is -0.461 e. The highest BCUT2D eigenvalue weighted by atomic mass is 31.2. The molecule has 0 amide bonds. The summed E-state index contributed by atoms with van der Waals surface area (Å²) in [4.78, 5) is 11.9. The molecule has 5 nitrogen and oxygen atoms in total. The first kappa shape index (κ1) is 18.6. The molecule has 0 saturated heterocycles. The summed E-state index contributed by atoms with van der Waals surface area (Å²) in [5, 5.41) is 0. The molecule has 114 valence electrons. The first-order valence-electron chi connectivity index (χ1n) is 6.83. The lowest BCUT2D eigenvalue weighted by Gasteiger charge is -2.25. The van der Waals surface area contributed by atoms with Gasteiger partial charge in [-0.05, 0) is 25.7 Å². The van der Waals surface area contributed by atoms with Gasteiger partial charge in [0.25, 0.3) is 0 Å². The molecular formula is C13H27O5P. The van der Waals surface area contributed by atoms with Gasteiger partial charge in [0, 0.05) is 0 Å². The maximum Gasteiger partial charge on any atom is 0.341 e. The average Bonchev–Trinajstić information content (AvgIpc) is 2.25. The Bertz CT molecular complexity index is 296. The average molecular weight is 294 g/mol. The van der Waals surface area contributed by atoms with E-state index in [-0.39, 0.29) is 37.3 Å². The molecule has 0 aromatic carbocycles. The second-order valence-corrected chi connectivity index (χ2v) is 7.10. The largest absolute Gasteiger partial charge is 0.461 e. The summed E-state index contributed by atoms with van der Waals surface area (Å²) in [5.41, 5.74) is 0. The van der Waals surface area contributed by atoms with Gasteiger partial charge in [0.05, 0.1) is 13.2 Å². The molecule has 0 spiro atoms. The fourth-order valence-electron chi connectivity index (χ4n) is 1.91. The van der Waals surface area contributed by atoms with Crippen molar-refractivity contribution in [2.24, 2.45) is 11.8 Å². The molecule has 0 saturated carbocycles. The Kier molecular flexibility index (Phi) is 8.55. The molecule has 0 unspecified atom stereocenters. The summed E-state index contributed by atoms with van der Waals surface area (Å²) in [6.45, 7) is 11.9. The van der Waals surface area contributed by atoms with Crippen molar-refractivity contribution in [3.63, 3.8) is 0 Å². The van der Waals surface area contributed by atoms with Crippen molar-refractivity contribution >= 4 is 13.6 Å². The molecule has 6 heteroatoms. The number of carbonyl (C=O) groups excluding carboxylic acids is 1. The van der Waals surface area contributed by atoms with Gasteiger partial charge in [0.1, 0.15) is 12.3 Å². The smallest absolute Gasteiger partial charge is 0.341 e. The van der Waals surface area contributed by atoms with E-state index in [2.05, 4.69) is 0 Å². The Morgan fingerprint density at radius 2 is 1.42 bits per heavy atom. The van der Waals surface area contributed by atoms with Crippen molar-refractivity contribution in [3.05, 3.63) is 0 Å². The number of rotatable bonds is 9. The van der Waals surface area contributed by atoms with E-state index in [1.807, 2.05) is 27.7 Å². The van der Waals surface area contributed by atoms with Crippen LogP contribution in [0, 0.1) is 11.8 Å². The number of esters is 1. The van der Waals surface area contributed by atoms with E-state index >= 15 is 0 Å². The third-order valence-electron chi connectivity index (χ3n) is 2.56. The van der Waals surface area contributed by atoms with Crippen LogP contribution in [-0.4, -0.2) is 31.4 Å². The van der Waals surface area contributed by atoms with Crippen LogP contribution in [0.3, 0.4) is 0 Å². The third kappa shape index (κ3) is 7.09. The molecule has 0 rings (SSSR count). The summed E-state index contributed by atoms with van der Waals surface area (Å²) in [5.74, 6) is -0.109. The van der Waals surface area contributed by atoms with E-state index in [4.69, 9.17) is 13.8 Å². The topological polar surface area (TPSA) is 61.8 Å². The maximum absolute atomic E-state index is 12.2. The molecule has 0 aliphatic carbocycles. The van der Waals surface area contributed by atoms with Gasteiger partial charge in [-0.1, -0.05) is 27.7 Å². The molecule has 0 bridgehead atoms. The van der Waals surface area contributed by atoms with E-state index in [9.17, 15) is 9.36 Å². The highest BCUT2D eigenvalue weighted by molar-refractivity contribution is 7.54. The summed E-state index contributed by atoms with van der Waals surface area (Å²) < 4.78 is 27.7. The second-order valence-electron chi connectivity index (χ2n) is 5.05. The van der Waals surface area contributed by atoms with E-state index in [0.717, 1.165) is 0 Å². The van der Waals surface area contributed by atoms with Gasteiger partial charge in [-0.3, -0.25) is 9.36 Å². The number of ether oxygens (including phenoxy) is 1. The van der Waals surface area contributed by atoms with Crippen LogP contribution in [0.2, 0.25) is 0 Å². The quantitative estimate of drug-likeness (QED) is 0.481. The van der Waals surface area contributed by atoms with Gasteiger partial charge < -0.3 is 13.8 Å². The highest BCUT2D eigenvalue weighted by Crippen LogP contribution is 2.47. The van der Waals surface area contributed by atoms with Crippen LogP contribution in [0.1, 0.15) is 41.5 Å². The van der Waals surface area contributed by atoms with E-state index in [1.54, 1.807) is 13.8 Å². The van der Waals surface area contributed by atoms with E-state index in [1.165, 1.54) is 0 Å². The fraction of sp³-hybridized carbons (Fsp3) is 0.923. The molecule has 0 heterocycles. The number of hydrogen-bond donors (Lipinski definition) is 0. The zero-order valence-corrected chi connectivity index (χ0v) is 13.7. The van der Waals surface area contributed by atoms with Crippen molar-refractivity contribution in [3.8, 4) is 0 Å². The molecule has 0 atom stereocenters. The molecule has 0 N–H and O–H groups in total. The Labute approximate surface area is 116 Å². The molecule has 0 fully saturated rings.